The van der Waals surface area contributed by atoms with E-state index in [1.54, 1.807) is 6.20 Å². The fraction of sp³-hybridized carbons (Fsp3) is 0.600. The predicted octanol–water partition coefficient (Wildman–Crippen LogP) is 2.32. The Morgan fingerprint density at radius 2 is 2.05 bits per heavy atom. The van der Waals surface area contributed by atoms with Gasteiger partial charge in [-0.25, -0.2) is 4.98 Å². The van der Waals surface area contributed by atoms with Gasteiger partial charge >= 0.3 is 0 Å². The van der Waals surface area contributed by atoms with E-state index in [-0.39, 0.29) is 18.3 Å². The molecule has 1 amide bonds. The molecule has 1 aromatic rings. The average Bonchev–Trinajstić information content (AvgIpc) is 2.47. The summed E-state index contributed by atoms with van der Waals surface area (Å²) in [6, 6.07) is 3.65. The molecule has 124 valence electrons. The van der Waals surface area contributed by atoms with Crippen LogP contribution in [-0.2, 0) is 4.79 Å². The molecule has 2 N–H and O–H groups in total. The molecule has 1 unspecified atom stereocenters. The topological polar surface area (TPSA) is 62.5 Å². The number of carbonyl (C=O) groups is 1. The van der Waals surface area contributed by atoms with Gasteiger partial charge in [0.25, 0.3) is 0 Å². The van der Waals surface area contributed by atoms with Crippen molar-refractivity contribution in [1.29, 1.82) is 0 Å². The lowest BCUT2D eigenvalue weighted by Gasteiger charge is -2.39. The Hall–Kier alpha value is -1.04. The molecule has 0 spiro atoms. The van der Waals surface area contributed by atoms with Crippen molar-refractivity contribution >= 4 is 35.7 Å². The van der Waals surface area contributed by atoms with Crippen molar-refractivity contribution in [3.05, 3.63) is 23.4 Å². The second kappa shape index (κ2) is 7.99. The van der Waals surface area contributed by atoms with E-state index in [4.69, 9.17) is 17.3 Å². The first-order chi connectivity index (χ1) is 9.95. The van der Waals surface area contributed by atoms with E-state index in [9.17, 15) is 4.79 Å². The van der Waals surface area contributed by atoms with Gasteiger partial charge in [0.15, 0.2) is 0 Å². The molecule has 1 aliphatic rings. The summed E-state index contributed by atoms with van der Waals surface area (Å²) in [6.45, 7) is 6.63. The van der Waals surface area contributed by atoms with Gasteiger partial charge in [0.05, 0.1) is 10.6 Å². The van der Waals surface area contributed by atoms with Gasteiger partial charge in [0.1, 0.15) is 5.82 Å². The summed E-state index contributed by atoms with van der Waals surface area (Å²) in [5, 5.41) is 0.645. The first-order valence-corrected chi connectivity index (χ1v) is 7.77. The Labute approximate surface area is 143 Å². The molecular formula is C15H24Cl2N4O. The third-order valence-corrected chi connectivity index (χ3v) is 4.16. The van der Waals surface area contributed by atoms with Crippen LogP contribution in [0.2, 0.25) is 5.02 Å². The van der Waals surface area contributed by atoms with Crippen LogP contribution in [0.1, 0.15) is 26.7 Å². The molecule has 2 rings (SSSR count). The number of carbonyl (C=O) groups excluding carboxylic acids is 1. The summed E-state index contributed by atoms with van der Waals surface area (Å²) >= 11 is 6.17. The van der Waals surface area contributed by atoms with Gasteiger partial charge in [0, 0.05) is 32.4 Å². The number of hydrogen-bond acceptors (Lipinski definition) is 4. The fourth-order valence-corrected chi connectivity index (χ4v) is 2.96. The molecule has 2 heterocycles. The SMILES string of the molecule is CCCC(C)(N)C(=O)N1CCN(c2ncccc2Cl)CC1.Cl. The lowest BCUT2D eigenvalue weighted by molar-refractivity contribution is -0.137. The molecule has 0 radical (unpaired) electrons. The van der Waals surface area contributed by atoms with Crippen LogP contribution in [0, 0.1) is 0 Å². The van der Waals surface area contributed by atoms with E-state index in [0.717, 1.165) is 25.3 Å². The molecule has 1 aromatic heterocycles. The molecular weight excluding hydrogens is 323 g/mol. The van der Waals surface area contributed by atoms with Crippen LogP contribution in [0.25, 0.3) is 0 Å². The smallest absolute Gasteiger partial charge is 0.242 e. The zero-order valence-electron chi connectivity index (χ0n) is 13.1. The lowest BCUT2D eigenvalue weighted by atomic mass is 9.95. The van der Waals surface area contributed by atoms with Gasteiger partial charge in [-0.3, -0.25) is 4.79 Å². The van der Waals surface area contributed by atoms with Crippen LogP contribution in [0.3, 0.4) is 0 Å². The van der Waals surface area contributed by atoms with Gasteiger partial charge in [-0.05, 0) is 25.5 Å². The Balaban J connectivity index is 0.00000242. The first-order valence-electron chi connectivity index (χ1n) is 7.39. The van der Waals surface area contributed by atoms with Crippen molar-refractivity contribution in [2.24, 2.45) is 5.73 Å². The van der Waals surface area contributed by atoms with Crippen molar-refractivity contribution in [1.82, 2.24) is 9.88 Å². The highest BCUT2D eigenvalue weighted by atomic mass is 35.5. The number of amides is 1. The minimum atomic E-state index is -0.764. The minimum absolute atomic E-state index is 0. The number of pyridine rings is 1. The third kappa shape index (κ3) is 4.24. The van der Waals surface area contributed by atoms with E-state index in [2.05, 4.69) is 9.88 Å². The van der Waals surface area contributed by atoms with Crippen LogP contribution in [0.5, 0.6) is 0 Å². The number of nitrogens with zero attached hydrogens (tertiary/aromatic N) is 3. The van der Waals surface area contributed by atoms with Crippen LogP contribution >= 0.6 is 24.0 Å². The van der Waals surface area contributed by atoms with Crippen LogP contribution in [0.4, 0.5) is 5.82 Å². The normalized spacial score (nSPS) is 17.6. The molecule has 1 saturated heterocycles. The van der Waals surface area contributed by atoms with Gasteiger partial charge in [-0.2, -0.15) is 0 Å². The van der Waals surface area contributed by atoms with Crippen molar-refractivity contribution < 1.29 is 4.79 Å². The van der Waals surface area contributed by atoms with Gasteiger partial charge in [-0.1, -0.05) is 24.9 Å². The monoisotopic (exact) mass is 346 g/mol. The lowest BCUT2D eigenvalue weighted by Crippen LogP contribution is -2.58. The van der Waals surface area contributed by atoms with E-state index in [1.165, 1.54) is 0 Å². The number of anilines is 1. The number of halogens is 2. The van der Waals surface area contributed by atoms with Crippen molar-refractivity contribution in [2.75, 3.05) is 31.1 Å². The van der Waals surface area contributed by atoms with Crippen LogP contribution in [-0.4, -0.2) is 47.5 Å². The standard InChI is InChI=1S/C15H23ClN4O.ClH/c1-3-6-15(2,17)14(21)20-10-8-19(9-11-20)13-12(16)5-4-7-18-13;/h4-5,7H,3,6,8-11,17H2,1-2H3;1H. The molecule has 0 aliphatic carbocycles. The average molecular weight is 347 g/mol. The summed E-state index contributed by atoms with van der Waals surface area (Å²) in [5.41, 5.74) is 5.37. The Kier molecular flexibility index (Phi) is 6.91. The van der Waals surface area contributed by atoms with Crippen LogP contribution < -0.4 is 10.6 Å². The molecule has 1 fully saturated rings. The molecule has 22 heavy (non-hydrogen) atoms. The van der Waals surface area contributed by atoms with Crippen LogP contribution in [0.15, 0.2) is 18.3 Å². The summed E-state index contributed by atoms with van der Waals surface area (Å²) in [4.78, 5) is 20.7. The van der Waals surface area contributed by atoms with Gasteiger partial charge in [-0.15, -0.1) is 12.4 Å². The maximum Gasteiger partial charge on any atom is 0.242 e. The summed E-state index contributed by atoms with van der Waals surface area (Å²) in [7, 11) is 0. The van der Waals surface area contributed by atoms with Gasteiger partial charge < -0.3 is 15.5 Å². The molecule has 0 aromatic carbocycles. The largest absolute Gasteiger partial charge is 0.352 e. The van der Waals surface area contributed by atoms with E-state index < -0.39 is 5.54 Å². The molecule has 0 saturated carbocycles. The minimum Gasteiger partial charge on any atom is -0.352 e. The highest BCUT2D eigenvalue weighted by Gasteiger charge is 2.33. The highest BCUT2D eigenvalue weighted by Crippen LogP contribution is 2.24. The van der Waals surface area contributed by atoms with Gasteiger partial charge in [0.2, 0.25) is 5.91 Å². The Morgan fingerprint density at radius 1 is 1.41 bits per heavy atom. The van der Waals surface area contributed by atoms with E-state index >= 15 is 0 Å². The third-order valence-electron chi connectivity index (χ3n) is 3.86. The quantitative estimate of drug-likeness (QED) is 0.908. The molecule has 7 heteroatoms. The maximum atomic E-state index is 12.5. The zero-order chi connectivity index (χ0) is 15.5. The zero-order valence-corrected chi connectivity index (χ0v) is 14.7. The predicted molar refractivity (Wildman–Crippen MR) is 92.8 cm³/mol. The Morgan fingerprint density at radius 3 is 2.59 bits per heavy atom. The van der Waals surface area contributed by atoms with Crippen molar-refractivity contribution in [3.63, 3.8) is 0 Å². The summed E-state index contributed by atoms with van der Waals surface area (Å²) < 4.78 is 0. The van der Waals surface area contributed by atoms with Crippen molar-refractivity contribution in [2.45, 2.75) is 32.2 Å². The number of hydrogen-bond donors (Lipinski definition) is 1. The Bertz CT molecular complexity index is 502. The summed E-state index contributed by atoms with van der Waals surface area (Å²) in [6.07, 6.45) is 3.34. The second-order valence-electron chi connectivity index (χ2n) is 5.76. The number of aromatic nitrogens is 1. The second-order valence-corrected chi connectivity index (χ2v) is 6.16. The molecule has 1 atom stereocenters. The molecule has 5 nitrogen and oxygen atoms in total. The van der Waals surface area contributed by atoms with E-state index in [0.29, 0.717) is 24.5 Å². The number of rotatable bonds is 4. The molecule has 0 bridgehead atoms. The summed E-state index contributed by atoms with van der Waals surface area (Å²) in [5.74, 6) is 0.825. The number of nitrogens with two attached hydrogens (primary N) is 1. The highest BCUT2D eigenvalue weighted by molar-refractivity contribution is 6.32. The van der Waals surface area contributed by atoms with Crippen molar-refractivity contribution in [3.8, 4) is 0 Å². The maximum absolute atomic E-state index is 12.5. The van der Waals surface area contributed by atoms with E-state index in [1.807, 2.05) is 30.9 Å². The first kappa shape index (κ1) is 19.0. The molecule has 1 aliphatic heterocycles. The number of piperazine rings is 1. The fourth-order valence-electron chi connectivity index (χ4n) is 2.72.